The Kier molecular flexibility index (Phi) is 4.73. The van der Waals surface area contributed by atoms with E-state index < -0.39 is 12.0 Å². The molecule has 0 radical (unpaired) electrons. The molecule has 0 aromatic heterocycles. The molecule has 3 aromatic rings. The number of hydrogen-bond donors (Lipinski definition) is 2. The van der Waals surface area contributed by atoms with Gasteiger partial charge in [0.1, 0.15) is 0 Å². The molecule has 124 valence electrons. The molecule has 0 spiro atoms. The minimum Gasteiger partial charge on any atom is -0.478 e. The van der Waals surface area contributed by atoms with Crippen molar-refractivity contribution in [2.24, 2.45) is 5.73 Å². The van der Waals surface area contributed by atoms with Gasteiger partial charge in [-0.05, 0) is 22.8 Å². The lowest BCUT2D eigenvalue weighted by Gasteiger charge is -2.17. The number of hydrogen-bond acceptors (Lipinski definition) is 3. The quantitative estimate of drug-likeness (QED) is 0.694. The predicted molar refractivity (Wildman–Crippen MR) is 96.5 cm³/mol. The van der Waals surface area contributed by atoms with Crippen LogP contribution in [0.3, 0.4) is 0 Å². The third kappa shape index (κ3) is 3.34. The van der Waals surface area contributed by atoms with Crippen molar-refractivity contribution in [1.82, 2.24) is 0 Å². The van der Waals surface area contributed by atoms with Gasteiger partial charge in [0.05, 0.1) is 11.6 Å². The molecule has 3 N–H and O–H groups in total. The lowest BCUT2D eigenvalue weighted by Crippen LogP contribution is -2.22. The van der Waals surface area contributed by atoms with Gasteiger partial charge in [-0.3, -0.25) is 4.79 Å². The van der Waals surface area contributed by atoms with Gasteiger partial charge in [-0.1, -0.05) is 72.8 Å². The summed E-state index contributed by atoms with van der Waals surface area (Å²) in [4.78, 5) is 24.2. The van der Waals surface area contributed by atoms with Crippen molar-refractivity contribution >= 4 is 11.8 Å². The van der Waals surface area contributed by atoms with Gasteiger partial charge in [-0.15, -0.1) is 0 Å². The summed E-state index contributed by atoms with van der Waals surface area (Å²) < 4.78 is 0. The number of Topliss-reactive ketones (excluding diaryl/α,β-unsaturated/α-hetero) is 1. The van der Waals surface area contributed by atoms with Crippen molar-refractivity contribution < 1.29 is 14.7 Å². The van der Waals surface area contributed by atoms with Crippen molar-refractivity contribution in [3.63, 3.8) is 0 Å². The maximum atomic E-state index is 12.7. The monoisotopic (exact) mass is 331 g/mol. The number of carboxylic acids is 1. The van der Waals surface area contributed by atoms with Gasteiger partial charge >= 0.3 is 5.97 Å². The van der Waals surface area contributed by atoms with Crippen LogP contribution in [0.2, 0.25) is 0 Å². The molecule has 0 aliphatic carbocycles. The molecule has 0 saturated heterocycles. The van der Waals surface area contributed by atoms with Crippen LogP contribution in [0.5, 0.6) is 0 Å². The highest BCUT2D eigenvalue weighted by atomic mass is 16.4. The molecule has 0 aliphatic heterocycles. The molecule has 1 atom stereocenters. The van der Waals surface area contributed by atoms with E-state index in [4.69, 9.17) is 5.73 Å². The zero-order valence-electron chi connectivity index (χ0n) is 13.4. The molecule has 1 unspecified atom stereocenters. The van der Waals surface area contributed by atoms with Crippen molar-refractivity contribution in [2.45, 2.75) is 6.04 Å². The minimum absolute atomic E-state index is 0.175. The topological polar surface area (TPSA) is 80.4 Å². The minimum atomic E-state index is -1.02. The summed E-state index contributed by atoms with van der Waals surface area (Å²) in [6.45, 7) is 0. The number of carbonyl (C=O) groups is 2. The maximum Gasteiger partial charge on any atom is 0.336 e. The van der Waals surface area contributed by atoms with E-state index in [1.807, 2.05) is 6.07 Å². The Hall–Kier alpha value is -3.24. The summed E-state index contributed by atoms with van der Waals surface area (Å²) in [5.41, 5.74) is 8.73. The first-order chi connectivity index (χ1) is 12.1. The normalized spacial score (nSPS) is 11.7. The number of carbonyl (C=O) groups excluding carboxylic acids is 1. The molecule has 0 heterocycles. The summed E-state index contributed by atoms with van der Waals surface area (Å²) in [6, 6.07) is 21.8. The van der Waals surface area contributed by atoms with E-state index in [9.17, 15) is 14.7 Å². The second-order valence-electron chi connectivity index (χ2n) is 5.65. The van der Waals surface area contributed by atoms with Crippen LogP contribution in [0.1, 0.15) is 32.3 Å². The predicted octanol–water partition coefficient (Wildman–Crippen LogP) is 3.93. The van der Waals surface area contributed by atoms with E-state index in [-0.39, 0.29) is 11.3 Å². The third-order valence-electron chi connectivity index (χ3n) is 4.08. The molecule has 3 rings (SSSR count). The Morgan fingerprint density at radius 3 is 2.00 bits per heavy atom. The second kappa shape index (κ2) is 7.11. The lowest BCUT2D eigenvalue weighted by atomic mass is 9.89. The summed E-state index contributed by atoms with van der Waals surface area (Å²) >= 11 is 0. The highest BCUT2D eigenvalue weighted by Gasteiger charge is 2.22. The van der Waals surface area contributed by atoms with Crippen LogP contribution < -0.4 is 5.73 Å². The fourth-order valence-electron chi connectivity index (χ4n) is 2.84. The van der Waals surface area contributed by atoms with Crippen LogP contribution >= 0.6 is 0 Å². The summed E-state index contributed by atoms with van der Waals surface area (Å²) in [5, 5.41) is 9.45. The van der Waals surface area contributed by atoms with Crippen LogP contribution in [0.15, 0.2) is 78.9 Å². The van der Waals surface area contributed by atoms with Crippen LogP contribution in [-0.4, -0.2) is 16.9 Å². The van der Waals surface area contributed by atoms with Crippen molar-refractivity contribution in [2.75, 3.05) is 0 Å². The smallest absolute Gasteiger partial charge is 0.336 e. The molecule has 0 saturated carbocycles. The Bertz CT molecular complexity index is 919. The molecule has 4 heteroatoms. The first-order valence-electron chi connectivity index (χ1n) is 7.86. The Balaban J connectivity index is 2.08. The molecule has 3 aromatic carbocycles. The standard InChI is InChI=1S/C21H17NO3/c22-19(20(23)14-8-2-1-3-9-14)17-12-6-4-10-15(17)16-11-5-7-13-18(16)21(24)25/h1-13,19H,22H2,(H,24,25). The Morgan fingerprint density at radius 2 is 1.32 bits per heavy atom. The van der Waals surface area contributed by atoms with Gasteiger partial charge < -0.3 is 10.8 Å². The summed E-state index contributed by atoms with van der Waals surface area (Å²) in [7, 11) is 0. The first-order valence-corrected chi connectivity index (χ1v) is 7.86. The van der Waals surface area contributed by atoms with Gasteiger partial charge in [0.2, 0.25) is 0 Å². The number of rotatable bonds is 5. The Morgan fingerprint density at radius 1 is 0.760 bits per heavy atom. The average molecular weight is 331 g/mol. The highest BCUT2D eigenvalue weighted by molar-refractivity contribution is 6.02. The van der Waals surface area contributed by atoms with E-state index in [1.165, 1.54) is 0 Å². The second-order valence-corrected chi connectivity index (χ2v) is 5.65. The number of ketones is 1. The van der Waals surface area contributed by atoms with Crippen molar-refractivity contribution in [3.05, 3.63) is 95.6 Å². The number of benzene rings is 3. The first kappa shape index (κ1) is 16.6. The van der Waals surface area contributed by atoms with E-state index in [1.54, 1.807) is 72.8 Å². The fraction of sp³-hybridized carbons (Fsp3) is 0.0476. The molecular weight excluding hydrogens is 314 g/mol. The van der Waals surface area contributed by atoms with E-state index in [0.29, 0.717) is 22.3 Å². The van der Waals surface area contributed by atoms with Crippen LogP contribution in [0.4, 0.5) is 0 Å². The van der Waals surface area contributed by atoms with Gasteiger partial charge in [0.15, 0.2) is 5.78 Å². The maximum absolute atomic E-state index is 12.7. The average Bonchev–Trinajstić information content (AvgIpc) is 2.67. The molecule has 25 heavy (non-hydrogen) atoms. The van der Waals surface area contributed by atoms with Crippen LogP contribution in [-0.2, 0) is 0 Å². The zero-order chi connectivity index (χ0) is 17.8. The molecular formula is C21H17NO3. The Labute approximate surface area is 145 Å². The van der Waals surface area contributed by atoms with Gasteiger partial charge in [0, 0.05) is 5.56 Å². The number of aromatic carboxylic acids is 1. The van der Waals surface area contributed by atoms with Crippen molar-refractivity contribution in [1.29, 1.82) is 0 Å². The van der Waals surface area contributed by atoms with Crippen LogP contribution in [0.25, 0.3) is 11.1 Å². The molecule has 0 bridgehead atoms. The van der Waals surface area contributed by atoms with Gasteiger partial charge in [-0.2, -0.15) is 0 Å². The largest absolute Gasteiger partial charge is 0.478 e. The summed E-state index contributed by atoms with van der Waals surface area (Å²) in [6.07, 6.45) is 0. The highest BCUT2D eigenvalue weighted by Crippen LogP contribution is 2.31. The van der Waals surface area contributed by atoms with E-state index in [2.05, 4.69) is 0 Å². The summed E-state index contributed by atoms with van der Waals surface area (Å²) in [5.74, 6) is -1.23. The third-order valence-corrected chi connectivity index (χ3v) is 4.08. The van der Waals surface area contributed by atoms with Gasteiger partial charge in [-0.25, -0.2) is 4.79 Å². The van der Waals surface area contributed by atoms with Crippen LogP contribution in [0, 0.1) is 0 Å². The van der Waals surface area contributed by atoms with Gasteiger partial charge in [0.25, 0.3) is 0 Å². The number of carboxylic acid groups (broad SMARTS) is 1. The molecule has 0 amide bonds. The van der Waals surface area contributed by atoms with E-state index >= 15 is 0 Å². The molecule has 0 fully saturated rings. The van der Waals surface area contributed by atoms with Crippen molar-refractivity contribution in [3.8, 4) is 11.1 Å². The molecule has 4 nitrogen and oxygen atoms in total. The number of nitrogens with two attached hydrogens (primary N) is 1. The van der Waals surface area contributed by atoms with E-state index in [0.717, 1.165) is 0 Å². The zero-order valence-corrected chi connectivity index (χ0v) is 13.4. The lowest BCUT2D eigenvalue weighted by molar-refractivity contribution is 0.0697. The SMILES string of the molecule is NC(C(=O)c1ccccc1)c1ccccc1-c1ccccc1C(=O)O. The fourth-order valence-corrected chi connectivity index (χ4v) is 2.84. The molecule has 0 aliphatic rings.